The monoisotopic (exact) mass is 289 g/mol. The van der Waals surface area contributed by atoms with Gasteiger partial charge in [-0.1, -0.05) is 13.3 Å². The smallest absolute Gasteiger partial charge is 0.274 e. The second-order valence-electron chi connectivity index (χ2n) is 5.25. The van der Waals surface area contributed by atoms with Crippen LogP contribution in [-0.2, 0) is 12.8 Å². The largest absolute Gasteiger partial charge is 0.330 e. The fourth-order valence-corrected chi connectivity index (χ4v) is 3.77. The Morgan fingerprint density at radius 3 is 3.25 bits per heavy atom. The van der Waals surface area contributed by atoms with E-state index in [2.05, 4.69) is 35.5 Å². The number of nitrogens with one attached hydrogen (secondary N) is 1. The van der Waals surface area contributed by atoms with Gasteiger partial charge in [-0.05, 0) is 42.8 Å². The van der Waals surface area contributed by atoms with Crippen molar-refractivity contribution >= 4 is 17.2 Å². The minimum atomic E-state index is 0.0351. The number of nitrogens with zero attached hydrogens (tertiary/aromatic N) is 2. The molecule has 0 spiro atoms. The molecule has 1 unspecified atom stereocenters. The highest BCUT2D eigenvalue weighted by molar-refractivity contribution is 7.10. The Hall–Kier alpha value is -1.62. The van der Waals surface area contributed by atoms with Crippen LogP contribution in [0.3, 0.4) is 0 Å². The molecule has 5 heteroatoms. The minimum Gasteiger partial charge on any atom is -0.330 e. The molecule has 20 heavy (non-hydrogen) atoms. The zero-order chi connectivity index (χ0) is 14.1. The second-order valence-corrected chi connectivity index (χ2v) is 6.25. The lowest BCUT2D eigenvalue weighted by Gasteiger charge is -2.33. The average Bonchev–Trinajstić information content (AvgIpc) is 3.08. The van der Waals surface area contributed by atoms with Crippen LogP contribution >= 0.6 is 11.3 Å². The number of rotatable bonds is 3. The van der Waals surface area contributed by atoms with Gasteiger partial charge >= 0.3 is 0 Å². The highest BCUT2D eigenvalue weighted by Gasteiger charge is 2.29. The van der Waals surface area contributed by atoms with Crippen LogP contribution in [0.1, 0.15) is 52.9 Å². The maximum atomic E-state index is 12.6. The number of aromatic nitrogens is 2. The number of hydrogen-bond donors (Lipinski definition) is 1. The Labute approximate surface area is 122 Å². The van der Waals surface area contributed by atoms with Crippen LogP contribution in [0.15, 0.2) is 17.5 Å². The third-order valence-corrected chi connectivity index (χ3v) is 4.90. The van der Waals surface area contributed by atoms with Crippen LogP contribution in [0.4, 0.5) is 0 Å². The van der Waals surface area contributed by atoms with Gasteiger partial charge in [-0.25, -0.2) is 0 Å². The predicted octanol–water partition coefficient (Wildman–Crippen LogP) is 3.18. The van der Waals surface area contributed by atoms with Crippen LogP contribution in [0, 0.1) is 0 Å². The van der Waals surface area contributed by atoms with Crippen LogP contribution < -0.4 is 0 Å². The van der Waals surface area contributed by atoms with Crippen molar-refractivity contribution in [2.45, 2.75) is 39.2 Å². The van der Waals surface area contributed by atoms with Gasteiger partial charge in [-0.2, -0.15) is 5.10 Å². The number of carbonyl (C=O) groups excluding carboxylic acids is 1. The van der Waals surface area contributed by atoms with Gasteiger partial charge in [0.25, 0.3) is 5.91 Å². The summed E-state index contributed by atoms with van der Waals surface area (Å²) in [4.78, 5) is 16.0. The lowest BCUT2D eigenvalue weighted by atomic mass is 10.0. The van der Waals surface area contributed by atoms with Crippen molar-refractivity contribution in [3.8, 4) is 0 Å². The quantitative estimate of drug-likeness (QED) is 0.943. The number of thiophene rings is 1. The SMILES string of the molecule is CCCc1cc(C(=O)N2CCc3sccc3C2C)n[nH]1. The zero-order valence-corrected chi connectivity index (χ0v) is 12.7. The topological polar surface area (TPSA) is 49.0 Å². The molecule has 0 aliphatic carbocycles. The molecule has 1 aliphatic heterocycles. The number of amides is 1. The summed E-state index contributed by atoms with van der Waals surface area (Å²) in [5, 5.41) is 9.25. The van der Waals surface area contributed by atoms with Gasteiger partial charge < -0.3 is 4.90 Å². The van der Waals surface area contributed by atoms with E-state index in [0.29, 0.717) is 5.69 Å². The molecule has 1 aliphatic rings. The molecule has 1 N–H and O–H groups in total. The van der Waals surface area contributed by atoms with Gasteiger partial charge in [-0.15, -0.1) is 11.3 Å². The van der Waals surface area contributed by atoms with Crippen molar-refractivity contribution < 1.29 is 4.79 Å². The first-order valence-electron chi connectivity index (χ1n) is 7.12. The van der Waals surface area contributed by atoms with Gasteiger partial charge in [0.2, 0.25) is 0 Å². The summed E-state index contributed by atoms with van der Waals surface area (Å²) in [6.45, 7) is 5.00. The van der Waals surface area contributed by atoms with Gasteiger partial charge in [0.15, 0.2) is 0 Å². The molecule has 1 atom stereocenters. The van der Waals surface area contributed by atoms with Crippen LogP contribution in [-0.4, -0.2) is 27.5 Å². The molecule has 0 radical (unpaired) electrons. The Kier molecular flexibility index (Phi) is 3.61. The summed E-state index contributed by atoms with van der Waals surface area (Å²) in [5.74, 6) is 0.0351. The van der Waals surface area contributed by atoms with Gasteiger partial charge in [0.1, 0.15) is 5.69 Å². The Balaban J connectivity index is 1.80. The summed E-state index contributed by atoms with van der Waals surface area (Å²) >= 11 is 1.79. The highest BCUT2D eigenvalue weighted by Crippen LogP contribution is 2.33. The van der Waals surface area contributed by atoms with Crippen LogP contribution in [0.5, 0.6) is 0 Å². The molecule has 2 aromatic rings. The van der Waals surface area contributed by atoms with Gasteiger partial charge in [0, 0.05) is 17.1 Å². The Morgan fingerprint density at radius 2 is 2.45 bits per heavy atom. The van der Waals surface area contributed by atoms with Crippen molar-refractivity contribution in [3.05, 3.63) is 39.3 Å². The normalized spacial score (nSPS) is 18.1. The average molecular weight is 289 g/mol. The summed E-state index contributed by atoms with van der Waals surface area (Å²) in [5.41, 5.74) is 2.87. The van der Waals surface area contributed by atoms with E-state index < -0.39 is 0 Å². The molecule has 3 rings (SSSR count). The standard InChI is InChI=1S/C15H19N3OS/c1-3-4-11-9-13(17-16-11)15(19)18-7-5-14-12(10(18)2)6-8-20-14/h6,8-10H,3-5,7H2,1-2H3,(H,16,17). The number of fused-ring (bicyclic) bond motifs is 1. The number of aromatic amines is 1. The summed E-state index contributed by atoms with van der Waals surface area (Å²) < 4.78 is 0. The first-order valence-corrected chi connectivity index (χ1v) is 8.00. The Morgan fingerprint density at radius 1 is 1.60 bits per heavy atom. The molecule has 0 saturated heterocycles. The fraction of sp³-hybridized carbons (Fsp3) is 0.467. The third-order valence-electron chi connectivity index (χ3n) is 3.91. The van der Waals surface area contributed by atoms with E-state index in [0.717, 1.165) is 31.5 Å². The van der Waals surface area contributed by atoms with Crippen molar-refractivity contribution in [1.29, 1.82) is 0 Å². The summed E-state index contributed by atoms with van der Waals surface area (Å²) in [7, 11) is 0. The third kappa shape index (κ3) is 2.26. The van der Waals surface area contributed by atoms with E-state index in [1.165, 1.54) is 10.4 Å². The molecular weight excluding hydrogens is 270 g/mol. The predicted molar refractivity (Wildman–Crippen MR) is 80.1 cm³/mol. The fourth-order valence-electron chi connectivity index (χ4n) is 2.80. The Bertz CT molecular complexity index is 616. The number of carbonyl (C=O) groups is 1. The minimum absolute atomic E-state index is 0.0351. The number of hydrogen-bond acceptors (Lipinski definition) is 3. The number of H-pyrrole nitrogens is 1. The van der Waals surface area contributed by atoms with E-state index in [9.17, 15) is 4.79 Å². The lowest BCUT2D eigenvalue weighted by Crippen LogP contribution is -2.38. The maximum Gasteiger partial charge on any atom is 0.274 e. The van der Waals surface area contributed by atoms with Crippen LogP contribution in [0.2, 0.25) is 0 Å². The molecule has 1 amide bonds. The first-order chi connectivity index (χ1) is 9.70. The first kappa shape index (κ1) is 13.4. The van der Waals surface area contributed by atoms with E-state index in [4.69, 9.17) is 0 Å². The molecule has 2 aromatic heterocycles. The van der Waals surface area contributed by atoms with E-state index in [-0.39, 0.29) is 11.9 Å². The molecule has 0 aromatic carbocycles. The summed E-state index contributed by atoms with van der Waals surface area (Å²) in [6.07, 6.45) is 2.94. The van der Waals surface area contributed by atoms with Crippen molar-refractivity contribution in [2.24, 2.45) is 0 Å². The van der Waals surface area contributed by atoms with E-state index in [1.54, 1.807) is 11.3 Å². The molecule has 0 bridgehead atoms. The molecule has 0 saturated carbocycles. The molecule has 4 nitrogen and oxygen atoms in total. The van der Waals surface area contributed by atoms with Gasteiger partial charge in [0.05, 0.1) is 6.04 Å². The summed E-state index contributed by atoms with van der Waals surface area (Å²) in [6, 6.07) is 4.17. The zero-order valence-electron chi connectivity index (χ0n) is 11.8. The molecule has 3 heterocycles. The van der Waals surface area contributed by atoms with Crippen molar-refractivity contribution in [3.63, 3.8) is 0 Å². The lowest BCUT2D eigenvalue weighted by molar-refractivity contribution is 0.0673. The highest BCUT2D eigenvalue weighted by atomic mass is 32.1. The van der Waals surface area contributed by atoms with E-state index >= 15 is 0 Å². The van der Waals surface area contributed by atoms with Gasteiger partial charge in [-0.3, -0.25) is 9.89 Å². The maximum absolute atomic E-state index is 12.6. The molecule has 0 fully saturated rings. The number of aryl methyl sites for hydroxylation is 1. The van der Waals surface area contributed by atoms with E-state index in [1.807, 2.05) is 11.0 Å². The second kappa shape index (κ2) is 5.40. The molecule has 106 valence electrons. The van der Waals surface area contributed by atoms with Crippen molar-refractivity contribution in [2.75, 3.05) is 6.54 Å². The van der Waals surface area contributed by atoms with Crippen LogP contribution in [0.25, 0.3) is 0 Å². The molecular formula is C15H19N3OS. The van der Waals surface area contributed by atoms with Crippen molar-refractivity contribution in [1.82, 2.24) is 15.1 Å².